The number of imidazole rings is 1. The quantitative estimate of drug-likeness (QED) is 0.711. The average molecular weight is 189 g/mol. The maximum atomic E-state index is 4.17. The monoisotopic (exact) mass is 189 g/mol. The third-order valence-electron chi connectivity index (χ3n) is 2.59. The van der Waals surface area contributed by atoms with Gasteiger partial charge in [-0.15, -0.1) is 5.92 Å². The molecule has 0 amide bonds. The molecule has 74 valence electrons. The Morgan fingerprint density at radius 3 is 3.36 bits per heavy atom. The number of aromatic nitrogens is 2. The van der Waals surface area contributed by atoms with Crippen LogP contribution < -0.4 is 5.32 Å². The zero-order valence-electron chi connectivity index (χ0n) is 8.45. The molecule has 0 aliphatic carbocycles. The normalized spacial score (nSPS) is 20.5. The van der Waals surface area contributed by atoms with Crippen LogP contribution in [0.15, 0.2) is 12.5 Å². The van der Waals surface area contributed by atoms with Gasteiger partial charge in [0, 0.05) is 12.2 Å². The molecule has 1 aliphatic heterocycles. The number of nitrogens with one attached hydrogen (secondary N) is 1. The Balaban J connectivity index is 2.14. The number of rotatable bonds is 2. The van der Waals surface area contributed by atoms with E-state index in [2.05, 4.69) is 26.7 Å². The predicted molar refractivity (Wildman–Crippen MR) is 55.7 cm³/mol. The summed E-state index contributed by atoms with van der Waals surface area (Å²) in [5.74, 6) is 5.96. The highest BCUT2D eigenvalue weighted by atomic mass is 15.1. The van der Waals surface area contributed by atoms with Gasteiger partial charge >= 0.3 is 0 Å². The van der Waals surface area contributed by atoms with Gasteiger partial charge in [-0.25, -0.2) is 4.98 Å². The van der Waals surface area contributed by atoms with E-state index >= 15 is 0 Å². The van der Waals surface area contributed by atoms with Crippen LogP contribution in [0, 0.1) is 11.8 Å². The summed E-state index contributed by atoms with van der Waals surface area (Å²) in [4.78, 5) is 4.17. The van der Waals surface area contributed by atoms with Crippen LogP contribution in [0.25, 0.3) is 0 Å². The summed E-state index contributed by atoms with van der Waals surface area (Å²) < 4.78 is 2.12. The molecule has 1 N–H and O–H groups in total. The lowest BCUT2D eigenvalue weighted by molar-refractivity contribution is 0.590. The molecule has 0 bridgehead atoms. The fourth-order valence-electron chi connectivity index (χ4n) is 1.85. The third kappa shape index (κ3) is 1.80. The highest BCUT2D eigenvalue weighted by molar-refractivity contribution is 5.09. The van der Waals surface area contributed by atoms with E-state index in [1.165, 1.54) is 18.5 Å². The first-order valence-corrected chi connectivity index (χ1v) is 5.05. The summed E-state index contributed by atoms with van der Waals surface area (Å²) >= 11 is 0. The van der Waals surface area contributed by atoms with Crippen LogP contribution in [0.5, 0.6) is 0 Å². The van der Waals surface area contributed by atoms with Gasteiger partial charge in [0.1, 0.15) is 0 Å². The van der Waals surface area contributed by atoms with Gasteiger partial charge in [0.05, 0.1) is 18.6 Å². The lowest BCUT2D eigenvalue weighted by Crippen LogP contribution is -2.16. The van der Waals surface area contributed by atoms with Crippen molar-refractivity contribution in [1.29, 1.82) is 0 Å². The standard InChI is InChI=1S/C11H15N3/c1-2-3-7-14-9-12-8-11(14)10-5-4-6-13-10/h8-10,13H,4-7H2,1H3. The minimum Gasteiger partial charge on any atom is -0.321 e. The van der Waals surface area contributed by atoms with Crippen LogP contribution in [-0.2, 0) is 6.54 Å². The fourth-order valence-corrected chi connectivity index (χ4v) is 1.85. The van der Waals surface area contributed by atoms with Crippen molar-refractivity contribution >= 4 is 0 Å². The van der Waals surface area contributed by atoms with E-state index in [9.17, 15) is 0 Å². The van der Waals surface area contributed by atoms with Gasteiger partial charge in [-0.05, 0) is 26.3 Å². The van der Waals surface area contributed by atoms with Crippen LogP contribution in [0.1, 0.15) is 31.5 Å². The molecule has 2 heterocycles. The third-order valence-corrected chi connectivity index (χ3v) is 2.59. The molecule has 1 saturated heterocycles. The molecule has 2 rings (SSSR count). The Labute approximate surface area is 84.5 Å². The summed E-state index contributed by atoms with van der Waals surface area (Å²) in [5.41, 5.74) is 1.27. The van der Waals surface area contributed by atoms with Crippen molar-refractivity contribution in [3.8, 4) is 11.8 Å². The van der Waals surface area contributed by atoms with Crippen molar-refractivity contribution in [3.63, 3.8) is 0 Å². The molecule has 1 fully saturated rings. The molecule has 0 spiro atoms. The topological polar surface area (TPSA) is 29.9 Å². The van der Waals surface area contributed by atoms with Gasteiger partial charge in [-0.3, -0.25) is 0 Å². The summed E-state index contributed by atoms with van der Waals surface area (Å²) in [5, 5.41) is 3.47. The Hall–Kier alpha value is -1.27. The first-order chi connectivity index (χ1) is 6.92. The summed E-state index contributed by atoms with van der Waals surface area (Å²) in [6.07, 6.45) is 6.28. The zero-order chi connectivity index (χ0) is 9.80. The Morgan fingerprint density at radius 1 is 1.71 bits per heavy atom. The smallest absolute Gasteiger partial charge is 0.0957 e. The van der Waals surface area contributed by atoms with E-state index in [-0.39, 0.29) is 0 Å². The van der Waals surface area contributed by atoms with Crippen molar-refractivity contribution < 1.29 is 0 Å². The summed E-state index contributed by atoms with van der Waals surface area (Å²) in [7, 11) is 0. The number of hydrogen-bond acceptors (Lipinski definition) is 2. The maximum absolute atomic E-state index is 4.17. The molecule has 1 aromatic heterocycles. The minimum absolute atomic E-state index is 0.483. The van der Waals surface area contributed by atoms with Crippen molar-refractivity contribution in [2.45, 2.75) is 32.4 Å². The van der Waals surface area contributed by atoms with E-state index in [1.54, 1.807) is 0 Å². The zero-order valence-corrected chi connectivity index (χ0v) is 8.45. The molecule has 0 aromatic carbocycles. The molecule has 1 aromatic rings. The molecule has 3 heteroatoms. The number of nitrogens with zero attached hydrogens (tertiary/aromatic N) is 2. The number of hydrogen-bond donors (Lipinski definition) is 1. The Morgan fingerprint density at radius 2 is 2.64 bits per heavy atom. The van der Waals surface area contributed by atoms with E-state index in [0.29, 0.717) is 6.04 Å². The molecule has 0 radical (unpaired) electrons. The van der Waals surface area contributed by atoms with Crippen molar-refractivity contribution in [2.75, 3.05) is 6.54 Å². The van der Waals surface area contributed by atoms with Crippen LogP contribution in [0.2, 0.25) is 0 Å². The van der Waals surface area contributed by atoms with Gasteiger partial charge in [0.2, 0.25) is 0 Å². The van der Waals surface area contributed by atoms with E-state index in [1.807, 2.05) is 19.4 Å². The summed E-state index contributed by atoms with van der Waals surface area (Å²) in [6.45, 7) is 3.74. The van der Waals surface area contributed by atoms with Gasteiger partial charge in [0.15, 0.2) is 0 Å². The Kier molecular flexibility index (Phi) is 2.85. The second-order valence-electron chi connectivity index (χ2n) is 3.52. The molecule has 0 saturated carbocycles. The molecule has 1 atom stereocenters. The fraction of sp³-hybridized carbons (Fsp3) is 0.545. The molecule has 1 unspecified atom stereocenters. The lowest BCUT2D eigenvalue weighted by atomic mass is 10.2. The highest BCUT2D eigenvalue weighted by Crippen LogP contribution is 2.22. The molecule has 3 nitrogen and oxygen atoms in total. The first-order valence-electron chi connectivity index (χ1n) is 5.05. The van der Waals surface area contributed by atoms with Gasteiger partial charge in [0.25, 0.3) is 0 Å². The van der Waals surface area contributed by atoms with E-state index in [4.69, 9.17) is 0 Å². The van der Waals surface area contributed by atoms with Crippen molar-refractivity contribution in [2.24, 2.45) is 0 Å². The lowest BCUT2D eigenvalue weighted by Gasteiger charge is -2.11. The van der Waals surface area contributed by atoms with Crippen molar-refractivity contribution in [1.82, 2.24) is 14.9 Å². The second-order valence-corrected chi connectivity index (χ2v) is 3.52. The molecular weight excluding hydrogens is 174 g/mol. The van der Waals surface area contributed by atoms with Gasteiger partial charge in [-0.2, -0.15) is 0 Å². The maximum Gasteiger partial charge on any atom is 0.0957 e. The van der Waals surface area contributed by atoms with Crippen LogP contribution in [0.3, 0.4) is 0 Å². The first kappa shape index (κ1) is 9.29. The average Bonchev–Trinajstić information content (AvgIpc) is 2.84. The predicted octanol–water partition coefficient (Wildman–Crippen LogP) is 1.33. The van der Waals surface area contributed by atoms with Gasteiger partial charge in [-0.1, -0.05) is 5.92 Å². The molecular formula is C11H15N3. The van der Waals surface area contributed by atoms with Crippen LogP contribution in [-0.4, -0.2) is 16.1 Å². The van der Waals surface area contributed by atoms with Crippen LogP contribution in [0.4, 0.5) is 0 Å². The van der Waals surface area contributed by atoms with Gasteiger partial charge < -0.3 is 9.88 Å². The van der Waals surface area contributed by atoms with Crippen LogP contribution >= 0.6 is 0 Å². The largest absolute Gasteiger partial charge is 0.321 e. The Bertz CT molecular complexity index is 350. The van der Waals surface area contributed by atoms with E-state index < -0.39 is 0 Å². The highest BCUT2D eigenvalue weighted by Gasteiger charge is 2.19. The SMILES string of the molecule is CC#CCn1cncc1C1CCCN1. The molecule has 1 aliphatic rings. The second kappa shape index (κ2) is 4.30. The summed E-state index contributed by atoms with van der Waals surface area (Å²) in [6, 6.07) is 0.483. The molecule has 14 heavy (non-hydrogen) atoms. The minimum atomic E-state index is 0.483. The van der Waals surface area contributed by atoms with E-state index in [0.717, 1.165) is 13.1 Å². The van der Waals surface area contributed by atoms with Crippen molar-refractivity contribution in [3.05, 3.63) is 18.2 Å².